The van der Waals surface area contributed by atoms with Gasteiger partial charge in [0.05, 0.1) is 5.75 Å². The summed E-state index contributed by atoms with van der Waals surface area (Å²) in [4.78, 5) is 15.1. The average Bonchev–Trinajstić information content (AvgIpc) is 2.88. The summed E-state index contributed by atoms with van der Waals surface area (Å²) in [5.41, 5.74) is 4.82. The molecule has 182 valence electrons. The smallest absolute Gasteiger partial charge is 0.254 e. The van der Waals surface area contributed by atoms with Crippen LogP contribution in [0.5, 0.6) is 11.5 Å². The van der Waals surface area contributed by atoms with Crippen LogP contribution in [0.4, 0.5) is 0 Å². The summed E-state index contributed by atoms with van der Waals surface area (Å²) < 4.78 is 27.9. The predicted molar refractivity (Wildman–Crippen MR) is 133 cm³/mol. The Morgan fingerprint density at radius 2 is 1.43 bits per heavy atom. The third kappa shape index (κ3) is 4.39. The van der Waals surface area contributed by atoms with Gasteiger partial charge in [0.1, 0.15) is 0 Å². The SMILES string of the molecule is Cc1c(C(=O)N2CCc3ccccc3C2)cc(CS(=O)(=O)N2CCc3ccccc3C2)c(O)c1O. The summed E-state index contributed by atoms with van der Waals surface area (Å²) in [7, 11) is -3.80. The predicted octanol–water partition coefficient (Wildman–Crippen LogP) is 3.49. The number of phenolic OH excluding ortho intramolecular Hbond substituents is 2. The van der Waals surface area contributed by atoms with E-state index in [0.29, 0.717) is 26.1 Å². The number of fused-ring (bicyclic) bond motifs is 2. The second-order valence-electron chi connectivity index (χ2n) is 9.26. The van der Waals surface area contributed by atoms with E-state index in [2.05, 4.69) is 6.07 Å². The first kappa shape index (κ1) is 23.4. The molecule has 2 heterocycles. The molecule has 3 aromatic carbocycles. The maximum Gasteiger partial charge on any atom is 0.254 e. The topological polar surface area (TPSA) is 98.2 Å². The molecular weight excluding hydrogens is 464 g/mol. The summed E-state index contributed by atoms with van der Waals surface area (Å²) in [5.74, 6) is -1.75. The lowest BCUT2D eigenvalue weighted by Crippen LogP contribution is -2.37. The van der Waals surface area contributed by atoms with Crippen LogP contribution < -0.4 is 0 Å². The van der Waals surface area contributed by atoms with E-state index in [1.807, 2.05) is 42.5 Å². The van der Waals surface area contributed by atoms with Crippen LogP contribution in [0.15, 0.2) is 54.6 Å². The van der Waals surface area contributed by atoms with Crippen molar-refractivity contribution in [3.63, 3.8) is 0 Å². The highest BCUT2D eigenvalue weighted by Gasteiger charge is 2.31. The van der Waals surface area contributed by atoms with Gasteiger partial charge in [-0.25, -0.2) is 8.42 Å². The van der Waals surface area contributed by atoms with E-state index in [1.54, 1.807) is 11.8 Å². The lowest BCUT2D eigenvalue weighted by molar-refractivity contribution is 0.0733. The summed E-state index contributed by atoms with van der Waals surface area (Å²) in [6.45, 7) is 3.13. The van der Waals surface area contributed by atoms with Gasteiger partial charge in [-0.1, -0.05) is 48.5 Å². The van der Waals surface area contributed by atoms with Crippen LogP contribution in [0.2, 0.25) is 0 Å². The first-order valence-corrected chi connectivity index (χ1v) is 13.3. The number of hydrogen-bond acceptors (Lipinski definition) is 5. The molecule has 0 spiro atoms. The largest absolute Gasteiger partial charge is 0.504 e. The monoisotopic (exact) mass is 492 g/mol. The normalized spacial score (nSPS) is 16.0. The highest BCUT2D eigenvalue weighted by Crippen LogP contribution is 2.37. The second kappa shape index (κ2) is 9.02. The number of carbonyl (C=O) groups is 1. The first-order valence-electron chi connectivity index (χ1n) is 11.7. The molecule has 5 rings (SSSR count). The fraction of sp³-hybridized carbons (Fsp3) is 0.296. The lowest BCUT2D eigenvalue weighted by atomic mass is 9.97. The third-order valence-electron chi connectivity index (χ3n) is 7.08. The zero-order valence-electron chi connectivity index (χ0n) is 19.6. The minimum atomic E-state index is -3.80. The van der Waals surface area contributed by atoms with Crippen molar-refractivity contribution in [2.24, 2.45) is 0 Å². The molecule has 3 aromatic rings. The first-order chi connectivity index (χ1) is 16.7. The summed E-state index contributed by atoms with van der Waals surface area (Å²) >= 11 is 0. The maximum absolute atomic E-state index is 13.4. The van der Waals surface area contributed by atoms with Crippen molar-refractivity contribution in [3.8, 4) is 11.5 Å². The fourth-order valence-corrected chi connectivity index (χ4v) is 6.48. The van der Waals surface area contributed by atoms with E-state index in [0.717, 1.165) is 23.1 Å². The van der Waals surface area contributed by atoms with Gasteiger partial charge in [-0.3, -0.25) is 4.79 Å². The molecule has 1 amide bonds. The van der Waals surface area contributed by atoms with E-state index < -0.39 is 27.3 Å². The van der Waals surface area contributed by atoms with Crippen molar-refractivity contribution < 1.29 is 23.4 Å². The number of phenols is 2. The molecule has 0 atom stereocenters. The Morgan fingerprint density at radius 3 is 2.09 bits per heavy atom. The molecule has 2 aliphatic heterocycles. The molecule has 0 radical (unpaired) electrons. The molecule has 7 nitrogen and oxygen atoms in total. The van der Waals surface area contributed by atoms with E-state index in [4.69, 9.17) is 0 Å². The quantitative estimate of drug-likeness (QED) is 0.544. The van der Waals surface area contributed by atoms with Crippen molar-refractivity contribution >= 4 is 15.9 Å². The number of amides is 1. The number of sulfonamides is 1. The molecule has 2 aliphatic rings. The number of aromatic hydroxyl groups is 2. The maximum atomic E-state index is 13.4. The van der Waals surface area contributed by atoms with Crippen LogP contribution in [0, 0.1) is 6.92 Å². The lowest BCUT2D eigenvalue weighted by Gasteiger charge is -2.30. The van der Waals surface area contributed by atoms with Crippen LogP contribution in [-0.4, -0.2) is 46.8 Å². The molecule has 35 heavy (non-hydrogen) atoms. The minimum absolute atomic E-state index is 0.0210. The van der Waals surface area contributed by atoms with Crippen LogP contribution in [0.1, 0.15) is 43.7 Å². The Bertz CT molecular complexity index is 1420. The van der Waals surface area contributed by atoms with Crippen molar-refractivity contribution in [2.45, 2.75) is 38.6 Å². The molecule has 2 N–H and O–H groups in total. The van der Waals surface area contributed by atoms with Gasteiger partial charge in [0.15, 0.2) is 11.5 Å². The molecule has 0 bridgehead atoms. The molecule has 0 aliphatic carbocycles. The van der Waals surface area contributed by atoms with Gasteiger partial charge in [0.25, 0.3) is 5.91 Å². The number of hydrogen-bond donors (Lipinski definition) is 2. The molecule has 0 fully saturated rings. The average molecular weight is 493 g/mol. The van der Waals surface area contributed by atoms with E-state index in [1.165, 1.54) is 15.9 Å². The standard InChI is InChI=1S/C27H28N2O5S/c1-18-24(27(32)28-12-10-19-6-2-4-8-21(19)15-28)14-23(26(31)25(18)30)17-35(33,34)29-13-11-20-7-3-5-9-22(20)16-29/h2-9,14,30-31H,10-13,15-17H2,1H3. The van der Waals surface area contributed by atoms with Gasteiger partial charge in [-0.2, -0.15) is 4.31 Å². The Balaban J connectivity index is 1.42. The van der Waals surface area contributed by atoms with Gasteiger partial charge < -0.3 is 15.1 Å². The Kier molecular flexibility index (Phi) is 6.02. The van der Waals surface area contributed by atoms with Crippen LogP contribution in [-0.2, 0) is 41.7 Å². The molecule has 8 heteroatoms. The summed E-state index contributed by atoms with van der Waals surface area (Å²) in [6.07, 6.45) is 1.34. The van der Waals surface area contributed by atoms with Gasteiger partial charge >= 0.3 is 0 Å². The highest BCUT2D eigenvalue weighted by molar-refractivity contribution is 7.88. The fourth-order valence-electron chi connectivity index (χ4n) is 4.97. The summed E-state index contributed by atoms with van der Waals surface area (Å²) in [6, 6.07) is 17.1. The van der Waals surface area contributed by atoms with Gasteiger partial charge in [0.2, 0.25) is 10.0 Å². The van der Waals surface area contributed by atoms with E-state index in [-0.39, 0.29) is 29.1 Å². The van der Waals surface area contributed by atoms with E-state index in [9.17, 15) is 23.4 Å². The zero-order chi connectivity index (χ0) is 24.7. The molecular formula is C27H28N2O5S. The second-order valence-corrected chi connectivity index (χ2v) is 11.2. The molecule has 0 saturated heterocycles. The Hall–Kier alpha value is -3.36. The Morgan fingerprint density at radius 1 is 0.857 bits per heavy atom. The molecule has 0 saturated carbocycles. The minimum Gasteiger partial charge on any atom is -0.504 e. The Labute approximate surface area is 205 Å². The highest BCUT2D eigenvalue weighted by atomic mass is 32.2. The van der Waals surface area contributed by atoms with Gasteiger partial charge in [0, 0.05) is 42.9 Å². The van der Waals surface area contributed by atoms with Crippen LogP contribution >= 0.6 is 0 Å². The van der Waals surface area contributed by atoms with E-state index >= 15 is 0 Å². The van der Waals surface area contributed by atoms with Crippen LogP contribution in [0.25, 0.3) is 0 Å². The van der Waals surface area contributed by atoms with Crippen LogP contribution in [0.3, 0.4) is 0 Å². The van der Waals surface area contributed by atoms with Crippen molar-refractivity contribution in [1.82, 2.24) is 9.21 Å². The van der Waals surface area contributed by atoms with Crippen molar-refractivity contribution in [3.05, 3.63) is 93.5 Å². The van der Waals surface area contributed by atoms with Gasteiger partial charge in [-0.05, 0) is 48.1 Å². The zero-order valence-corrected chi connectivity index (χ0v) is 20.4. The third-order valence-corrected chi connectivity index (χ3v) is 8.86. The number of rotatable bonds is 4. The van der Waals surface area contributed by atoms with Crippen molar-refractivity contribution in [1.29, 1.82) is 0 Å². The number of carbonyl (C=O) groups excluding carboxylic acids is 1. The summed E-state index contributed by atoms with van der Waals surface area (Å²) in [5, 5.41) is 21.2. The number of benzene rings is 3. The van der Waals surface area contributed by atoms with Gasteiger partial charge in [-0.15, -0.1) is 0 Å². The molecule has 0 unspecified atom stereocenters. The molecule has 0 aromatic heterocycles. The number of nitrogens with zero attached hydrogens (tertiary/aromatic N) is 2. The van der Waals surface area contributed by atoms with Crippen molar-refractivity contribution in [2.75, 3.05) is 13.1 Å².